The van der Waals surface area contributed by atoms with Gasteiger partial charge in [0.15, 0.2) is 0 Å². The van der Waals surface area contributed by atoms with Crippen LogP contribution in [0.25, 0.3) is 0 Å². The van der Waals surface area contributed by atoms with Crippen molar-refractivity contribution in [3.8, 4) is 0 Å². The third-order valence-electron chi connectivity index (χ3n) is 4.08. The zero-order valence-corrected chi connectivity index (χ0v) is 13.5. The topological polar surface area (TPSA) is 83.7 Å². The third kappa shape index (κ3) is 3.93. The maximum absolute atomic E-state index is 12.3. The highest BCUT2D eigenvalue weighted by Gasteiger charge is 2.33. The van der Waals surface area contributed by atoms with Crippen LogP contribution in [0.2, 0.25) is 0 Å². The second-order valence-electron chi connectivity index (χ2n) is 5.35. The summed E-state index contributed by atoms with van der Waals surface area (Å²) in [7, 11) is -3.52. The number of likely N-dealkylation sites (tertiary alicyclic amines) is 1. The molecule has 1 aliphatic heterocycles. The van der Waals surface area contributed by atoms with Crippen LogP contribution in [-0.2, 0) is 14.8 Å². The summed E-state index contributed by atoms with van der Waals surface area (Å²) in [4.78, 5) is 14.0. The highest BCUT2D eigenvalue weighted by Crippen LogP contribution is 2.23. The molecule has 2 N–H and O–H groups in total. The summed E-state index contributed by atoms with van der Waals surface area (Å²) < 4.78 is 25.7. The highest BCUT2D eigenvalue weighted by atomic mass is 32.2. The zero-order valence-electron chi connectivity index (χ0n) is 12.7. The molecule has 20 heavy (non-hydrogen) atoms. The highest BCUT2D eigenvalue weighted by molar-refractivity contribution is 7.89. The Hall–Kier alpha value is -0.660. The van der Waals surface area contributed by atoms with E-state index in [2.05, 4.69) is 6.92 Å². The van der Waals surface area contributed by atoms with E-state index >= 15 is 0 Å². The summed E-state index contributed by atoms with van der Waals surface area (Å²) >= 11 is 0. The van der Waals surface area contributed by atoms with E-state index in [-0.39, 0.29) is 11.9 Å². The van der Waals surface area contributed by atoms with Gasteiger partial charge in [0.1, 0.15) is 5.75 Å². The molecule has 0 spiro atoms. The minimum atomic E-state index is -3.52. The molecule has 0 aromatic rings. The Morgan fingerprint density at radius 2 is 1.95 bits per heavy atom. The predicted octanol–water partition coefficient (Wildman–Crippen LogP) is 0.244. The number of sulfonamides is 1. The first-order valence-electron chi connectivity index (χ1n) is 7.34. The van der Waals surface area contributed by atoms with Gasteiger partial charge in [-0.2, -0.15) is 0 Å². The van der Waals surface area contributed by atoms with Crippen LogP contribution in [0.15, 0.2) is 0 Å². The van der Waals surface area contributed by atoms with Crippen molar-refractivity contribution in [3.63, 3.8) is 0 Å². The summed E-state index contributed by atoms with van der Waals surface area (Å²) in [6.07, 6.45) is 1.95. The second kappa shape index (κ2) is 7.38. The first-order valence-corrected chi connectivity index (χ1v) is 8.95. The molecule has 0 aromatic heterocycles. The molecule has 1 rings (SSSR count). The number of hydrogen-bond donors (Lipinski definition) is 1. The van der Waals surface area contributed by atoms with Crippen molar-refractivity contribution in [2.45, 2.75) is 39.7 Å². The lowest BCUT2D eigenvalue weighted by molar-refractivity contribution is -0.133. The molecule has 0 aromatic carbocycles. The van der Waals surface area contributed by atoms with Crippen molar-refractivity contribution >= 4 is 15.9 Å². The van der Waals surface area contributed by atoms with Gasteiger partial charge in [0.05, 0.1) is 0 Å². The molecule has 0 aliphatic carbocycles. The summed E-state index contributed by atoms with van der Waals surface area (Å²) in [6, 6.07) is -0.0387. The molecule has 0 bridgehead atoms. The number of nitrogens with zero attached hydrogens (tertiary/aromatic N) is 2. The molecule has 7 heteroatoms. The largest absolute Gasteiger partial charge is 0.337 e. The predicted molar refractivity (Wildman–Crippen MR) is 79.7 cm³/mol. The second-order valence-corrected chi connectivity index (χ2v) is 7.32. The van der Waals surface area contributed by atoms with Gasteiger partial charge in [0, 0.05) is 32.2 Å². The van der Waals surface area contributed by atoms with Gasteiger partial charge in [0.2, 0.25) is 15.9 Å². The lowest BCUT2D eigenvalue weighted by Gasteiger charge is -2.39. The van der Waals surface area contributed by atoms with Gasteiger partial charge >= 0.3 is 0 Å². The van der Waals surface area contributed by atoms with Crippen LogP contribution in [0.5, 0.6) is 0 Å². The molecule has 1 amide bonds. The van der Waals surface area contributed by atoms with Gasteiger partial charge in [-0.05, 0) is 18.8 Å². The van der Waals surface area contributed by atoms with E-state index in [9.17, 15) is 13.2 Å². The molecule has 2 atom stereocenters. The van der Waals surface area contributed by atoms with Gasteiger partial charge in [-0.25, -0.2) is 12.7 Å². The molecule has 0 radical (unpaired) electrons. The van der Waals surface area contributed by atoms with Crippen LogP contribution in [0.3, 0.4) is 0 Å². The Morgan fingerprint density at radius 1 is 1.35 bits per heavy atom. The van der Waals surface area contributed by atoms with Crippen LogP contribution in [0, 0.1) is 5.92 Å². The fourth-order valence-corrected chi connectivity index (χ4v) is 4.31. The molecule has 1 fully saturated rings. The molecular weight excluding hydrogens is 278 g/mol. The normalized spacial score (nSPS) is 24.1. The lowest BCUT2D eigenvalue weighted by Crippen LogP contribution is -2.53. The van der Waals surface area contributed by atoms with E-state index in [0.29, 0.717) is 32.1 Å². The van der Waals surface area contributed by atoms with E-state index in [1.807, 2.05) is 0 Å². The number of hydrogen-bond acceptors (Lipinski definition) is 4. The first-order chi connectivity index (χ1) is 9.37. The molecule has 6 nitrogen and oxygen atoms in total. The van der Waals surface area contributed by atoms with Crippen molar-refractivity contribution in [2.75, 3.05) is 31.9 Å². The number of amides is 1. The average molecular weight is 305 g/mol. The first kappa shape index (κ1) is 17.4. The summed E-state index contributed by atoms with van der Waals surface area (Å²) in [6.45, 7) is 7.40. The number of carbonyl (C=O) groups is 1. The van der Waals surface area contributed by atoms with Crippen molar-refractivity contribution in [1.29, 1.82) is 0 Å². The monoisotopic (exact) mass is 305 g/mol. The minimum absolute atomic E-state index is 0.0387. The van der Waals surface area contributed by atoms with Crippen LogP contribution < -0.4 is 5.73 Å². The van der Waals surface area contributed by atoms with Crippen LogP contribution >= 0.6 is 0 Å². The Balaban J connectivity index is 2.79. The summed E-state index contributed by atoms with van der Waals surface area (Å²) in [5.74, 6) is -0.439. The molecular formula is C13H27N3O3S. The fraction of sp³-hybridized carbons (Fsp3) is 0.923. The molecule has 1 heterocycles. The van der Waals surface area contributed by atoms with Gasteiger partial charge in [0.25, 0.3) is 0 Å². The quantitative estimate of drug-likeness (QED) is 0.762. The average Bonchev–Trinajstić information content (AvgIpc) is 2.38. The summed E-state index contributed by atoms with van der Waals surface area (Å²) in [5.41, 5.74) is 5.74. The van der Waals surface area contributed by atoms with Crippen molar-refractivity contribution in [2.24, 2.45) is 11.7 Å². The molecule has 118 valence electrons. The number of carbonyl (C=O) groups excluding carboxylic acids is 1. The van der Waals surface area contributed by atoms with Crippen LogP contribution in [0.4, 0.5) is 0 Å². The maximum Gasteiger partial charge on any atom is 0.239 e. The van der Waals surface area contributed by atoms with E-state index < -0.39 is 15.8 Å². The Morgan fingerprint density at radius 3 is 2.45 bits per heavy atom. The van der Waals surface area contributed by atoms with E-state index in [0.717, 1.165) is 12.8 Å². The minimum Gasteiger partial charge on any atom is -0.337 e. The number of rotatable bonds is 6. The standard InChI is InChI=1S/C13H27N3O3S/c1-4-15(5-2)20(18,19)10-13(17)16-8-6-7-11(3)12(16)9-14/h11-12H,4-10,14H2,1-3H3/t11-,12+/m1/s1. The van der Waals surface area contributed by atoms with E-state index in [1.54, 1.807) is 18.7 Å². The fourth-order valence-electron chi connectivity index (χ4n) is 2.87. The van der Waals surface area contributed by atoms with Crippen LogP contribution in [0.1, 0.15) is 33.6 Å². The van der Waals surface area contributed by atoms with Gasteiger partial charge < -0.3 is 10.6 Å². The Labute approximate surface area is 122 Å². The molecule has 1 saturated heterocycles. The molecule has 1 aliphatic rings. The number of piperidine rings is 1. The van der Waals surface area contributed by atoms with Crippen molar-refractivity contribution < 1.29 is 13.2 Å². The van der Waals surface area contributed by atoms with E-state index in [1.165, 1.54) is 4.31 Å². The smallest absolute Gasteiger partial charge is 0.239 e. The van der Waals surface area contributed by atoms with Crippen molar-refractivity contribution in [1.82, 2.24) is 9.21 Å². The van der Waals surface area contributed by atoms with Crippen LogP contribution in [-0.4, -0.2) is 61.5 Å². The molecule has 0 saturated carbocycles. The lowest BCUT2D eigenvalue weighted by atomic mass is 9.91. The zero-order chi connectivity index (χ0) is 15.3. The third-order valence-corrected chi connectivity index (χ3v) is 6.00. The molecule has 0 unspecified atom stereocenters. The van der Waals surface area contributed by atoms with Gasteiger partial charge in [-0.3, -0.25) is 4.79 Å². The van der Waals surface area contributed by atoms with Crippen molar-refractivity contribution in [3.05, 3.63) is 0 Å². The SMILES string of the molecule is CCN(CC)S(=O)(=O)CC(=O)N1CCC[C@@H](C)[C@@H]1CN. The van der Waals surface area contributed by atoms with Gasteiger partial charge in [-0.15, -0.1) is 0 Å². The Kier molecular flexibility index (Phi) is 6.42. The van der Waals surface area contributed by atoms with E-state index in [4.69, 9.17) is 5.73 Å². The number of nitrogens with two attached hydrogens (primary N) is 1. The maximum atomic E-state index is 12.3. The van der Waals surface area contributed by atoms with Gasteiger partial charge in [-0.1, -0.05) is 20.8 Å². The Bertz CT molecular complexity index is 421. The summed E-state index contributed by atoms with van der Waals surface area (Å²) in [5, 5.41) is 0.